The van der Waals surface area contributed by atoms with Crippen molar-refractivity contribution in [3.8, 4) is 22.8 Å². The summed E-state index contributed by atoms with van der Waals surface area (Å²) in [4.78, 5) is 27.5. The molecule has 0 saturated carbocycles. The number of carbonyl (C=O) groups excluding carboxylic acids is 1. The van der Waals surface area contributed by atoms with Crippen molar-refractivity contribution in [2.24, 2.45) is 0 Å². The number of rotatable bonds is 11. The van der Waals surface area contributed by atoms with Gasteiger partial charge < -0.3 is 19.7 Å². The molecule has 4 rings (SSSR count). The fourth-order valence-electron chi connectivity index (χ4n) is 3.94. The van der Waals surface area contributed by atoms with Crippen LogP contribution in [0.2, 0.25) is 0 Å². The maximum absolute atomic E-state index is 12.0. The number of benzene rings is 2. The Hall–Kier alpha value is -4.29. The quantitative estimate of drug-likeness (QED) is 0.218. The number of ether oxygens (including phenoxy) is 2. The molecule has 0 spiro atoms. The number of methoxy groups -OCH3 is 2. The average Bonchev–Trinajstić information content (AvgIpc) is 2.95. The zero-order valence-electron chi connectivity index (χ0n) is 22.0. The first-order valence-corrected chi connectivity index (χ1v) is 13.8. The first kappa shape index (κ1) is 27.7. The van der Waals surface area contributed by atoms with Gasteiger partial charge in [0.15, 0.2) is 0 Å². The standard InChI is InChI=1S/C27H29N5O6S/c1-28-27(33)25-12-18(8-9-29-25)26-17-30-23-7-6-19(15-24(23)31-26)32(10-5-11-38-39(4,34)35)20-13-21(36-2)16-22(14-20)37-3/h6-9,12-17H,5,10-11H2,1-4H3,(H,28,33). The van der Waals surface area contributed by atoms with E-state index in [0.717, 1.165) is 17.6 Å². The average molecular weight is 552 g/mol. The zero-order valence-corrected chi connectivity index (χ0v) is 22.9. The maximum atomic E-state index is 12.0. The minimum Gasteiger partial charge on any atom is -0.497 e. The van der Waals surface area contributed by atoms with Crippen molar-refractivity contribution in [1.82, 2.24) is 20.3 Å². The second kappa shape index (κ2) is 12.0. The second-order valence-corrected chi connectivity index (χ2v) is 10.2. The molecular formula is C27H29N5O6S. The SMILES string of the molecule is CNC(=O)c1cc(-c2cnc3ccc(N(CCCOS(C)(=O)=O)c4cc(OC)cc(OC)c4)cc3n2)ccn1. The highest BCUT2D eigenvalue weighted by Gasteiger charge is 2.15. The third-order valence-corrected chi connectivity index (χ3v) is 6.42. The molecule has 0 unspecified atom stereocenters. The lowest BCUT2D eigenvalue weighted by molar-refractivity contribution is 0.0958. The van der Waals surface area contributed by atoms with E-state index in [1.54, 1.807) is 51.9 Å². The van der Waals surface area contributed by atoms with Crippen LogP contribution >= 0.6 is 0 Å². The van der Waals surface area contributed by atoms with Gasteiger partial charge in [-0.1, -0.05) is 0 Å². The van der Waals surface area contributed by atoms with Crippen molar-refractivity contribution >= 4 is 38.4 Å². The summed E-state index contributed by atoms with van der Waals surface area (Å²) in [5.74, 6) is 0.917. The van der Waals surface area contributed by atoms with Gasteiger partial charge in [0.05, 0.1) is 50.0 Å². The van der Waals surface area contributed by atoms with Crippen LogP contribution in [0.15, 0.2) is 60.9 Å². The van der Waals surface area contributed by atoms with E-state index < -0.39 is 10.1 Å². The number of hydrogen-bond donors (Lipinski definition) is 1. The number of nitrogens with zero attached hydrogens (tertiary/aromatic N) is 4. The molecule has 0 aliphatic carbocycles. The Labute approximate surface area is 226 Å². The van der Waals surface area contributed by atoms with Crippen LogP contribution in [-0.2, 0) is 14.3 Å². The number of hydrogen-bond acceptors (Lipinski definition) is 10. The molecule has 1 amide bonds. The molecule has 0 bridgehead atoms. The second-order valence-electron chi connectivity index (χ2n) is 8.54. The van der Waals surface area contributed by atoms with Gasteiger partial charge in [-0.3, -0.25) is 18.9 Å². The topological polar surface area (TPSA) is 133 Å². The van der Waals surface area contributed by atoms with Crippen LogP contribution in [-0.4, -0.2) is 70.0 Å². The Balaban J connectivity index is 1.74. The molecule has 0 fully saturated rings. The van der Waals surface area contributed by atoms with Crippen molar-refractivity contribution in [3.05, 3.63) is 66.6 Å². The summed E-state index contributed by atoms with van der Waals surface area (Å²) in [5.41, 5.74) is 4.46. The van der Waals surface area contributed by atoms with Crippen LogP contribution in [0.1, 0.15) is 16.9 Å². The Bertz CT molecular complexity index is 1570. The van der Waals surface area contributed by atoms with Gasteiger partial charge in [-0.05, 0) is 36.8 Å². The first-order valence-electron chi connectivity index (χ1n) is 12.0. The fourth-order valence-corrected chi connectivity index (χ4v) is 4.36. The molecule has 39 heavy (non-hydrogen) atoms. The predicted molar refractivity (Wildman–Crippen MR) is 148 cm³/mol. The van der Waals surface area contributed by atoms with E-state index in [1.807, 2.05) is 35.2 Å². The van der Waals surface area contributed by atoms with Gasteiger partial charge in [0, 0.05) is 54.9 Å². The molecule has 0 radical (unpaired) electrons. The Kier molecular flexibility index (Phi) is 8.57. The molecule has 0 aliphatic rings. The van der Waals surface area contributed by atoms with Gasteiger partial charge in [-0.2, -0.15) is 8.42 Å². The van der Waals surface area contributed by atoms with E-state index in [9.17, 15) is 13.2 Å². The summed E-state index contributed by atoms with van der Waals surface area (Å²) >= 11 is 0. The summed E-state index contributed by atoms with van der Waals surface area (Å²) in [6.45, 7) is 0.466. The highest BCUT2D eigenvalue weighted by Crippen LogP contribution is 2.34. The molecule has 1 N–H and O–H groups in total. The number of anilines is 2. The molecule has 2 heterocycles. The van der Waals surface area contributed by atoms with Crippen LogP contribution in [0, 0.1) is 0 Å². The largest absolute Gasteiger partial charge is 0.497 e. The minimum absolute atomic E-state index is 0.0314. The van der Waals surface area contributed by atoms with E-state index >= 15 is 0 Å². The highest BCUT2D eigenvalue weighted by molar-refractivity contribution is 7.85. The molecule has 2 aromatic carbocycles. The molecule has 0 saturated heterocycles. The van der Waals surface area contributed by atoms with E-state index in [0.29, 0.717) is 46.8 Å². The van der Waals surface area contributed by atoms with Crippen LogP contribution in [0.25, 0.3) is 22.3 Å². The van der Waals surface area contributed by atoms with Gasteiger partial charge in [0.25, 0.3) is 16.0 Å². The minimum atomic E-state index is -3.55. The third kappa shape index (κ3) is 6.98. The molecule has 0 aliphatic heterocycles. The van der Waals surface area contributed by atoms with Gasteiger partial charge in [-0.15, -0.1) is 0 Å². The van der Waals surface area contributed by atoms with E-state index in [-0.39, 0.29) is 18.2 Å². The number of nitrogens with one attached hydrogen (secondary N) is 1. The highest BCUT2D eigenvalue weighted by atomic mass is 32.2. The number of carbonyl (C=O) groups is 1. The van der Waals surface area contributed by atoms with Crippen molar-refractivity contribution in [1.29, 1.82) is 0 Å². The fraction of sp³-hybridized carbons (Fsp3) is 0.259. The molecule has 2 aromatic heterocycles. The molecular weight excluding hydrogens is 522 g/mol. The molecule has 11 nitrogen and oxygen atoms in total. The van der Waals surface area contributed by atoms with Crippen molar-refractivity contribution in [3.63, 3.8) is 0 Å². The summed E-state index contributed by atoms with van der Waals surface area (Å²) < 4.78 is 38.8. The van der Waals surface area contributed by atoms with Crippen LogP contribution in [0.5, 0.6) is 11.5 Å². The van der Waals surface area contributed by atoms with Gasteiger partial charge in [-0.25, -0.2) is 4.98 Å². The molecule has 204 valence electrons. The van der Waals surface area contributed by atoms with Crippen molar-refractivity contribution < 1.29 is 26.9 Å². The molecule has 0 atom stereocenters. The smallest absolute Gasteiger partial charge is 0.269 e. The summed E-state index contributed by atoms with van der Waals surface area (Å²) in [6.07, 6.45) is 4.66. The van der Waals surface area contributed by atoms with Gasteiger partial charge >= 0.3 is 0 Å². The van der Waals surface area contributed by atoms with Crippen molar-refractivity contribution in [2.45, 2.75) is 6.42 Å². The third-order valence-electron chi connectivity index (χ3n) is 5.82. The number of fused-ring (bicyclic) bond motifs is 1. The number of aromatic nitrogens is 3. The van der Waals surface area contributed by atoms with E-state index in [4.69, 9.17) is 18.6 Å². The Morgan fingerprint density at radius 3 is 2.36 bits per heavy atom. The van der Waals surface area contributed by atoms with Gasteiger partial charge in [0.2, 0.25) is 0 Å². The van der Waals surface area contributed by atoms with Crippen LogP contribution in [0.3, 0.4) is 0 Å². The lowest BCUT2D eigenvalue weighted by atomic mass is 10.1. The monoisotopic (exact) mass is 551 g/mol. The van der Waals surface area contributed by atoms with Gasteiger partial charge in [0.1, 0.15) is 17.2 Å². The summed E-state index contributed by atoms with van der Waals surface area (Å²) in [5, 5.41) is 2.57. The molecule has 12 heteroatoms. The first-order chi connectivity index (χ1) is 18.7. The predicted octanol–water partition coefficient (Wildman–Crippen LogP) is 3.57. The normalized spacial score (nSPS) is 11.3. The lowest BCUT2D eigenvalue weighted by Gasteiger charge is -2.26. The Morgan fingerprint density at radius 1 is 0.949 bits per heavy atom. The van der Waals surface area contributed by atoms with Crippen LogP contribution < -0.4 is 19.7 Å². The zero-order chi connectivity index (χ0) is 28.0. The lowest BCUT2D eigenvalue weighted by Crippen LogP contribution is -2.20. The number of amides is 1. The van der Waals surface area contributed by atoms with E-state index in [1.165, 1.54) is 0 Å². The van der Waals surface area contributed by atoms with Crippen LogP contribution in [0.4, 0.5) is 11.4 Å². The maximum Gasteiger partial charge on any atom is 0.269 e. The van der Waals surface area contributed by atoms with Crippen molar-refractivity contribution in [2.75, 3.05) is 45.6 Å². The summed E-state index contributed by atoms with van der Waals surface area (Å²) in [7, 11) is 1.15. The number of pyridine rings is 1. The Morgan fingerprint density at radius 2 is 1.69 bits per heavy atom. The molecule has 4 aromatic rings. The summed E-state index contributed by atoms with van der Waals surface area (Å²) in [6, 6.07) is 14.6. The van der Waals surface area contributed by atoms with E-state index in [2.05, 4.69) is 15.3 Å².